The van der Waals surface area contributed by atoms with Gasteiger partial charge in [-0.25, -0.2) is 0 Å². The Hall–Kier alpha value is -1.35. The molecule has 18 heavy (non-hydrogen) atoms. The van der Waals surface area contributed by atoms with Crippen molar-refractivity contribution in [2.24, 2.45) is 0 Å². The first-order chi connectivity index (χ1) is 8.72. The zero-order chi connectivity index (χ0) is 13.2. The number of rotatable bonds is 8. The van der Waals surface area contributed by atoms with Gasteiger partial charge in [-0.05, 0) is 32.0 Å². The van der Waals surface area contributed by atoms with Crippen LogP contribution in [0.15, 0.2) is 24.3 Å². The molecule has 1 aromatic rings. The van der Waals surface area contributed by atoms with E-state index in [1.54, 1.807) is 0 Å². The molecule has 0 saturated carbocycles. The first kappa shape index (κ1) is 14.7. The zero-order valence-corrected chi connectivity index (χ0v) is 11.5. The lowest BCUT2D eigenvalue weighted by atomic mass is 10.2. The van der Waals surface area contributed by atoms with Crippen LogP contribution in [0.4, 0.5) is 5.69 Å². The van der Waals surface area contributed by atoms with E-state index in [9.17, 15) is 4.79 Å². The normalized spacial score (nSPS) is 10.3. The molecule has 0 aromatic heterocycles. The van der Waals surface area contributed by atoms with E-state index in [1.165, 1.54) is 24.8 Å². The highest BCUT2D eigenvalue weighted by atomic mass is 16.1. The summed E-state index contributed by atoms with van der Waals surface area (Å²) < 4.78 is 0. The van der Waals surface area contributed by atoms with E-state index < -0.39 is 0 Å². The molecule has 1 aromatic carbocycles. The summed E-state index contributed by atoms with van der Waals surface area (Å²) in [7, 11) is 0. The molecule has 100 valence electrons. The van der Waals surface area contributed by atoms with Crippen molar-refractivity contribution < 1.29 is 4.79 Å². The van der Waals surface area contributed by atoms with Gasteiger partial charge in [0.2, 0.25) is 5.91 Å². The molecular weight excluding hydrogens is 224 g/mol. The van der Waals surface area contributed by atoms with E-state index in [2.05, 4.69) is 17.6 Å². The average Bonchev–Trinajstić information content (AvgIpc) is 2.36. The van der Waals surface area contributed by atoms with Gasteiger partial charge in [0.05, 0.1) is 6.54 Å². The van der Waals surface area contributed by atoms with Crippen molar-refractivity contribution in [1.29, 1.82) is 0 Å². The van der Waals surface area contributed by atoms with Crippen LogP contribution in [0.1, 0.15) is 38.2 Å². The van der Waals surface area contributed by atoms with E-state index in [0.717, 1.165) is 18.7 Å². The number of hydrogen-bond acceptors (Lipinski definition) is 2. The largest absolute Gasteiger partial charge is 0.325 e. The molecule has 0 spiro atoms. The SMILES string of the molecule is CCCCCCNCC(=O)Nc1ccc(C)cc1. The third-order valence-corrected chi connectivity index (χ3v) is 2.83. The Bertz CT molecular complexity index is 346. The summed E-state index contributed by atoms with van der Waals surface area (Å²) in [5.41, 5.74) is 2.06. The molecule has 0 radical (unpaired) electrons. The Labute approximate surface area is 110 Å². The van der Waals surface area contributed by atoms with Crippen LogP contribution in [0.5, 0.6) is 0 Å². The Morgan fingerprint density at radius 2 is 1.83 bits per heavy atom. The van der Waals surface area contributed by atoms with Gasteiger partial charge < -0.3 is 10.6 Å². The molecule has 1 amide bonds. The third-order valence-electron chi connectivity index (χ3n) is 2.83. The summed E-state index contributed by atoms with van der Waals surface area (Å²) in [5.74, 6) is 0.0225. The maximum absolute atomic E-state index is 11.6. The summed E-state index contributed by atoms with van der Waals surface area (Å²) in [5, 5.41) is 6.03. The lowest BCUT2D eigenvalue weighted by molar-refractivity contribution is -0.115. The van der Waals surface area contributed by atoms with Gasteiger partial charge in [-0.3, -0.25) is 4.79 Å². The van der Waals surface area contributed by atoms with Crippen LogP contribution in [-0.2, 0) is 4.79 Å². The van der Waals surface area contributed by atoms with Gasteiger partial charge in [-0.1, -0.05) is 43.9 Å². The minimum absolute atomic E-state index is 0.0225. The second-order valence-corrected chi connectivity index (χ2v) is 4.65. The predicted molar refractivity (Wildman–Crippen MR) is 76.8 cm³/mol. The molecular formula is C15H24N2O. The molecule has 0 fully saturated rings. The topological polar surface area (TPSA) is 41.1 Å². The summed E-state index contributed by atoms with van der Waals surface area (Å²) in [6, 6.07) is 7.84. The number of aryl methyl sites for hydroxylation is 1. The number of carbonyl (C=O) groups excluding carboxylic acids is 1. The highest BCUT2D eigenvalue weighted by molar-refractivity contribution is 5.92. The van der Waals surface area contributed by atoms with E-state index in [0.29, 0.717) is 6.54 Å². The number of nitrogens with one attached hydrogen (secondary N) is 2. The second kappa shape index (κ2) is 8.70. The fraction of sp³-hybridized carbons (Fsp3) is 0.533. The van der Waals surface area contributed by atoms with Crippen molar-refractivity contribution in [3.63, 3.8) is 0 Å². The van der Waals surface area contributed by atoms with Crippen LogP contribution < -0.4 is 10.6 Å². The molecule has 0 atom stereocenters. The summed E-state index contributed by atoms with van der Waals surface area (Å²) in [6.45, 7) is 5.53. The van der Waals surface area contributed by atoms with Gasteiger partial charge >= 0.3 is 0 Å². The smallest absolute Gasteiger partial charge is 0.238 e. The molecule has 3 heteroatoms. The Morgan fingerprint density at radius 3 is 2.50 bits per heavy atom. The molecule has 0 unspecified atom stereocenters. The number of hydrogen-bond donors (Lipinski definition) is 2. The predicted octanol–water partition coefficient (Wildman–Crippen LogP) is 3.10. The minimum Gasteiger partial charge on any atom is -0.325 e. The summed E-state index contributed by atoms with van der Waals surface area (Å²) >= 11 is 0. The van der Waals surface area contributed by atoms with E-state index >= 15 is 0 Å². The number of benzene rings is 1. The molecule has 0 aliphatic rings. The Balaban J connectivity index is 2.12. The lowest BCUT2D eigenvalue weighted by Gasteiger charge is -2.07. The van der Waals surface area contributed by atoms with Crippen LogP contribution in [0.3, 0.4) is 0 Å². The number of unbranched alkanes of at least 4 members (excludes halogenated alkanes) is 3. The first-order valence-electron chi connectivity index (χ1n) is 6.79. The lowest BCUT2D eigenvalue weighted by Crippen LogP contribution is -2.28. The third kappa shape index (κ3) is 6.40. The van der Waals surface area contributed by atoms with Gasteiger partial charge in [0.1, 0.15) is 0 Å². The van der Waals surface area contributed by atoms with Gasteiger partial charge in [0.15, 0.2) is 0 Å². The van der Waals surface area contributed by atoms with E-state index in [1.807, 2.05) is 31.2 Å². The van der Waals surface area contributed by atoms with Crippen LogP contribution in [0, 0.1) is 6.92 Å². The quantitative estimate of drug-likeness (QED) is 0.694. The summed E-state index contributed by atoms with van der Waals surface area (Å²) in [6.07, 6.45) is 4.90. The fourth-order valence-electron chi connectivity index (χ4n) is 1.72. The highest BCUT2D eigenvalue weighted by Crippen LogP contribution is 2.07. The van der Waals surface area contributed by atoms with Crippen LogP contribution in [0.25, 0.3) is 0 Å². The standard InChI is InChI=1S/C15H24N2O/c1-3-4-5-6-11-16-12-15(18)17-14-9-7-13(2)8-10-14/h7-10,16H,3-6,11-12H2,1-2H3,(H,17,18). The first-order valence-corrected chi connectivity index (χ1v) is 6.79. The minimum atomic E-state index is 0.0225. The molecule has 0 heterocycles. The molecule has 0 aliphatic heterocycles. The Kier molecular flexibility index (Phi) is 7.11. The number of amides is 1. The summed E-state index contributed by atoms with van der Waals surface area (Å²) in [4.78, 5) is 11.6. The van der Waals surface area contributed by atoms with Crippen molar-refractivity contribution in [3.8, 4) is 0 Å². The maximum atomic E-state index is 11.6. The molecule has 0 bridgehead atoms. The number of carbonyl (C=O) groups is 1. The fourth-order valence-corrected chi connectivity index (χ4v) is 1.72. The monoisotopic (exact) mass is 248 g/mol. The molecule has 3 nitrogen and oxygen atoms in total. The highest BCUT2D eigenvalue weighted by Gasteiger charge is 2.00. The van der Waals surface area contributed by atoms with Gasteiger partial charge in [0.25, 0.3) is 0 Å². The van der Waals surface area contributed by atoms with E-state index in [-0.39, 0.29) is 5.91 Å². The van der Waals surface area contributed by atoms with Gasteiger partial charge in [0, 0.05) is 5.69 Å². The van der Waals surface area contributed by atoms with Crippen molar-refractivity contribution in [3.05, 3.63) is 29.8 Å². The maximum Gasteiger partial charge on any atom is 0.238 e. The van der Waals surface area contributed by atoms with Crippen LogP contribution >= 0.6 is 0 Å². The van der Waals surface area contributed by atoms with Crippen molar-refractivity contribution >= 4 is 11.6 Å². The van der Waals surface area contributed by atoms with Crippen LogP contribution in [0.2, 0.25) is 0 Å². The molecule has 0 aliphatic carbocycles. The zero-order valence-electron chi connectivity index (χ0n) is 11.5. The van der Waals surface area contributed by atoms with Crippen LogP contribution in [-0.4, -0.2) is 19.0 Å². The second-order valence-electron chi connectivity index (χ2n) is 4.65. The molecule has 0 saturated heterocycles. The van der Waals surface area contributed by atoms with Crippen molar-refractivity contribution in [2.45, 2.75) is 39.5 Å². The van der Waals surface area contributed by atoms with Crippen molar-refractivity contribution in [1.82, 2.24) is 5.32 Å². The van der Waals surface area contributed by atoms with Gasteiger partial charge in [-0.15, -0.1) is 0 Å². The molecule has 1 rings (SSSR count). The van der Waals surface area contributed by atoms with Gasteiger partial charge in [-0.2, -0.15) is 0 Å². The van der Waals surface area contributed by atoms with E-state index in [4.69, 9.17) is 0 Å². The Morgan fingerprint density at radius 1 is 1.11 bits per heavy atom. The number of anilines is 1. The molecule has 2 N–H and O–H groups in total. The van der Waals surface area contributed by atoms with Crippen molar-refractivity contribution in [2.75, 3.05) is 18.4 Å². The average molecular weight is 248 g/mol.